The van der Waals surface area contributed by atoms with Crippen molar-refractivity contribution in [2.24, 2.45) is 0 Å². The van der Waals surface area contributed by atoms with E-state index in [2.05, 4.69) is 28.1 Å². The second-order valence-corrected chi connectivity index (χ2v) is 7.70. The van der Waals surface area contributed by atoms with E-state index < -0.39 is 6.03 Å². The molecular formula is C21H16Cl2N4O2S. The second-order valence-electron chi connectivity index (χ2n) is 6.43. The Morgan fingerprint density at radius 1 is 1.13 bits per heavy atom. The summed E-state index contributed by atoms with van der Waals surface area (Å²) in [7, 11) is 1.54. The number of carbonyl (C=O) groups is 1. The topological polar surface area (TPSA) is 70.2 Å². The smallest absolute Gasteiger partial charge is 0.336 e. The van der Waals surface area contributed by atoms with E-state index in [1.807, 2.05) is 24.3 Å². The Balaban J connectivity index is 1.64. The Bertz CT molecular complexity index is 1190. The van der Waals surface area contributed by atoms with Gasteiger partial charge in [-0.25, -0.2) is 9.10 Å². The number of fused-ring (bicyclic) bond motifs is 1. The van der Waals surface area contributed by atoms with Gasteiger partial charge >= 0.3 is 6.03 Å². The van der Waals surface area contributed by atoms with Crippen LogP contribution in [-0.2, 0) is 0 Å². The number of urea groups is 1. The normalized spacial score (nSPS) is 10.8. The molecule has 9 heteroatoms. The van der Waals surface area contributed by atoms with Crippen LogP contribution in [0.3, 0.4) is 0 Å². The van der Waals surface area contributed by atoms with Gasteiger partial charge in [0.2, 0.25) is 0 Å². The largest absolute Gasteiger partial charge is 0.495 e. The monoisotopic (exact) mass is 458 g/mol. The van der Waals surface area contributed by atoms with E-state index in [9.17, 15) is 4.79 Å². The van der Waals surface area contributed by atoms with Crippen molar-refractivity contribution in [3.05, 3.63) is 71.0 Å². The van der Waals surface area contributed by atoms with Gasteiger partial charge in [-0.15, -0.1) is 0 Å². The summed E-state index contributed by atoms with van der Waals surface area (Å²) >= 11 is 16.3. The predicted molar refractivity (Wildman–Crippen MR) is 125 cm³/mol. The number of aromatic amines is 1. The zero-order valence-electron chi connectivity index (χ0n) is 15.7. The molecule has 0 aliphatic heterocycles. The molecule has 30 heavy (non-hydrogen) atoms. The number of aromatic nitrogens is 2. The SMILES string of the molecule is COc1ccc(-c2cc3ccncc3[nH]2)cc1NC(=O)N(S)c1cc(Cl)cc(Cl)c1. The van der Waals surface area contributed by atoms with Crippen molar-refractivity contribution in [3.8, 4) is 17.0 Å². The fourth-order valence-corrected chi connectivity index (χ4v) is 3.73. The molecule has 2 amide bonds. The molecule has 4 rings (SSSR count). The summed E-state index contributed by atoms with van der Waals surface area (Å²) < 4.78 is 6.52. The number of benzene rings is 2. The van der Waals surface area contributed by atoms with Gasteiger partial charge in [0.05, 0.1) is 30.2 Å². The zero-order chi connectivity index (χ0) is 21.3. The number of hydrogen-bond acceptors (Lipinski definition) is 4. The average molecular weight is 459 g/mol. The zero-order valence-corrected chi connectivity index (χ0v) is 18.1. The van der Waals surface area contributed by atoms with Crippen LogP contribution in [0.5, 0.6) is 5.75 Å². The summed E-state index contributed by atoms with van der Waals surface area (Å²) in [6.07, 6.45) is 3.50. The number of nitrogens with one attached hydrogen (secondary N) is 2. The Kier molecular flexibility index (Phi) is 5.76. The Hall–Kier alpha value is -2.87. The van der Waals surface area contributed by atoms with Crippen molar-refractivity contribution in [2.45, 2.75) is 0 Å². The second kappa shape index (κ2) is 8.47. The number of H-pyrrole nitrogens is 1. The summed E-state index contributed by atoms with van der Waals surface area (Å²) in [5.74, 6) is 0.510. The molecule has 0 radical (unpaired) electrons. The molecule has 0 spiro atoms. The lowest BCUT2D eigenvalue weighted by Crippen LogP contribution is -2.27. The molecule has 152 valence electrons. The molecule has 4 aromatic rings. The molecule has 0 aliphatic carbocycles. The van der Waals surface area contributed by atoms with Gasteiger partial charge in [0.15, 0.2) is 0 Å². The first kappa shape index (κ1) is 20.4. The van der Waals surface area contributed by atoms with Gasteiger partial charge in [-0.2, -0.15) is 0 Å². The van der Waals surface area contributed by atoms with E-state index >= 15 is 0 Å². The van der Waals surface area contributed by atoms with Crippen molar-refractivity contribution in [3.63, 3.8) is 0 Å². The molecule has 0 bridgehead atoms. The highest BCUT2D eigenvalue weighted by atomic mass is 35.5. The van der Waals surface area contributed by atoms with Gasteiger partial charge in [0.25, 0.3) is 0 Å². The van der Waals surface area contributed by atoms with Crippen LogP contribution in [0, 0.1) is 0 Å². The van der Waals surface area contributed by atoms with E-state index in [1.165, 1.54) is 7.11 Å². The van der Waals surface area contributed by atoms with Crippen molar-refractivity contribution >= 4 is 64.3 Å². The Morgan fingerprint density at radius 3 is 2.60 bits per heavy atom. The number of rotatable bonds is 4. The molecule has 2 aromatic heterocycles. The molecule has 0 saturated heterocycles. The maximum absolute atomic E-state index is 12.8. The number of methoxy groups -OCH3 is 1. The minimum absolute atomic E-state index is 0.400. The third-order valence-corrected chi connectivity index (χ3v) is 5.31. The van der Waals surface area contributed by atoms with Crippen LogP contribution in [0.25, 0.3) is 22.2 Å². The van der Waals surface area contributed by atoms with Crippen LogP contribution in [0.1, 0.15) is 0 Å². The number of anilines is 2. The number of amides is 2. The molecule has 2 heterocycles. The summed E-state index contributed by atoms with van der Waals surface area (Å²) in [5, 5.41) is 4.66. The van der Waals surface area contributed by atoms with Gasteiger partial charge in [0.1, 0.15) is 5.75 Å². The van der Waals surface area contributed by atoms with Gasteiger partial charge in [0, 0.05) is 32.9 Å². The summed E-state index contributed by atoms with van der Waals surface area (Å²) in [6, 6.07) is 13.7. The lowest BCUT2D eigenvalue weighted by atomic mass is 10.1. The average Bonchev–Trinajstić information content (AvgIpc) is 3.16. The molecule has 0 aliphatic rings. The highest BCUT2D eigenvalue weighted by Crippen LogP contribution is 2.33. The fourth-order valence-electron chi connectivity index (χ4n) is 3.05. The maximum Gasteiger partial charge on any atom is 0.336 e. The minimum Gasteiger partial charge on any atom is -0.495 e. The van der Waals surface area contributed by atoms with Crippen LogP contribution in [-0.4, -0.2) is 23.1 Å². The van der Waals surface area contributed by atoms with Crippen molar-refractivity contribution in [1.82, 2.24) is 9.97 Å². The van der Waals surface area contributed by atoms with Crippen LogP contribution >= 0.6 is 36.0 Å². The minimum atomic E-state index is -0.493. The molecule has 0 saturated carbocycles. The highest BCUT2D eigenvalue weighted by Gasteiger charge is 2.17. The molecule has 2 N–H and O–H groups in total. The predicted octanol–water partition coefficient (Wildman–Crippen LogP) is 6.43. The summed E-state index contributed by atoms with van der Waals surface area (Å²) in [5.41, 5.74) is 3.61. The fraction of sp³-hybridized carbons (Fsp3) is 0.0476. The first-order valence-corrected chi connectivity index (χ1v) is 9.97. The molecule has 0 fully saturated rings. The quantitative estimate of drug-likeness (QED) is 0.308. The van der Waals surface area contributed by atoms with Gasteiger partial charge in [-0.05, 0) is 48.5 Å². The first-order chi connectivity index (χ1) is 14.4. The first-order valence-electron chi connectivity index (χ1n) is 8.82. The molecule has 0 atom stereocenters. The standard InChI is InChI=1S/C21H16Cl2N4O2S/c1-29-20-3-2-12(17-6-13-4-5-24-11-19(13)25-17)7-18(20)26-21(28)27(30)16-9-14(22)8-15(23)10-16/h2-11,25,30H,1H3,(H,26,28). The Labute approximate surface area is 188 Å². The number of thiol groups is 1. The van der Waals surface area contributed by atoms with Gasteiger partial charge < -0.3 is 15.0 Å². The third-order valence-electron chi connectivity index (χ3n) is 4.46. The summed E-state index contributed by atoms with van der Waals surface area (Å²) in [6.45, 7) is 0. The number of carbonyl (C=O) groups excluding carboxylic acids is 1. The van der Waals surface area contributed by atoms with E-state index in [1.54, 1.807) is 36.7 Å². The number of pyridine rings is 1. The summed E-state index contributed by atoms with van der Waals surface area (Å²) in [4.78, 5) is 20.2. The number of nitrogens with zero attached hydrogens (tertiary/aromatic N) is 2. The third kappa shape index (κ3) is 4.18. The number of ether oxygens (including phenoxy) is 1. The Morgan fingerprint density at radius 2 is 1.90 bits per heavy atom. The van der Waals surface area contributed by atoms with E-state index in [4.69, 9.17) is 27.9 Å². The van der Waals surface area contributed by atoms with Crippen LogP contribution in [0.2, 0.25) is 10.0 Å². The number of halogens is 2. The number of hydrogen-bond donors (Lipinski definition) is 3. The van der Waals surface area contributed by atoms with Crippen LogP contribution < -0.4 is 14.4 Å². The van der Waals surface area contributed by atoms with Crippen molar-refractivity contribution in [2.75, 3.05) is 16.7 Å². The van der Waals surface area contributed by atoms with Gasteiger partial charge in [-0.1, -0.05) is 36.0 Å². The van der Waals surface area contributed by atoms with Gasteiger partial charge in [-0.3, -0.25) is 4.98 Å². The molecule has 0 unspecified atom stereocenters. The van der Waals surface area contributed by atoms with E-state index in [0.29, 0.717) is 27.2 Å². The van der Waals surface area contributed by atoms with E-state index in [-0.39, 0.29) is 0 Å². The lowest BCUT2D eigenvalue weighted by molar-refractivity contribution is 0.260. The molecule has 6 nitrogen and oxygen atoms in total. The molecular weight excluding hydrogens is 443 g/mol. The van der Waals surface area contributed by atoms with E-state index in [0.717, 1.165) is 26.5 Å². The lowest BCUT2D eigenvalue weighted by Gasteiger charge is -2.18. The van der Waals surface area contributed by atoms with Crippen LogP contribution in [0.4, 0.5) is 16.2 Å². The maximum atomic E-state index is 12.8. The van der Waals surface area contributed by atoms with Crippen molar-refractivity contribution in [1.29, 1.82) is 0 Å². The molecule has 2 aromatic carbocycles. The van der Waals surface area contributed by atoms with Crippen LogP contribution in [0.15, 0.2) is 60.9 Å². The van der Waals surface area contributed by atoms with Crippen molar-refractivity contribution < 1.29 is 9.53 Å². The highest BCUT2D eigenvalue weighted by molar-refractivity contribution is 7.82.